The lowest BCUT2D eigenvalue weighted by atomic mass is 10.2. The van der Waals surface area contributed by atoms with Crippen LogP contribution in [0.5, 0.6) is 0 Å². The normalized spacial score (nSPS) is 9.89. The number of esters is 2. The van der Waals surface area contributed by atoms with Gasteiger partial charge in [0, 0.05) is 6.92 Å². The maximum absolute atomic E-state index is 10.8. The average Bonchev–Trinajstić information content (AvgIpc) is 2.32. The number of carbonyl (C=O) groups excluding carboxylic acids is 2. The third-order valence-electron chi connectivity index (χ3n) is 2.08. The number of hydrogen-bond acceptors (Lipinski definition) is 4. The molecule has 0 unspecified atom stereocenters. The molecule has 0 atom stereocenters. The molecule has 0 aromatic rings. The van der Waals surface area contributed by atoms with Crippen LogP contribution in [0.2, 0.25) is 0 Å². The third-order valence-corrected chi connectivity index (χ3v) is 2.08. The van der Waals surface area contributed by atoms with Gasteiger partial charge in [0.05, 0.1) is 19.1 Å². The lowest BCUT2D eigenvalue weighted by molar-refractivity contribution is -0.148. The zero-order valence-corrected chi connectivity index (χ0v) is 13.3. The molecule has 0 aromatic heterocycles. The molecule has 0 spiro atoms. The fourth-order valence-corrected chi connectivity index (χ4v) is 0.983. The van der Waals surface area contributed by atoms with E-state index in [0.29, 0.717) is 19.1 Å². The van der Waals surface area contributed by atoms with Crippen LogP contribution < -0.4 is 0 Å². The minimum absolute atomic E-state index is 0.00116. The molecule has 0 aromatic carbocycles. The average molecular weight is 274 g/mol. The van der Waals surface area contributed by atoms with E-state index in [9.17, 15) is 9.59 Å². The van der Waals surface area contributed by atoms with E-state index in [1.807, 2.05) is 27.7 Å². The molecule has 0 heterocycles. The predicted octanol–water partition coefficient (Wildman–Crippen LogP) is 3.58. The Bertz CT molecular complexity index is 234. The predicted molar refractivity (Wildman–Crippen MR) is 76.8 cm³/mol. The van der Waals surface area contributed by atoms with Gasteiger partial charge in [0.2, 0.25) is 0 Å². The first-order valence-corrected chi connectivity index (χ1v) is 7.11. The lowest BCUT2D eigenvalue weighted by Gasteiger charge is -2.08. The van der Waals surface area contributed by atoms with Crippen molar-refractivity contribution < 1.29 is 19.1 Å². The molecule has 0 aliphatic rings. The molecule has 0 aliphatic heterocycles. The molecule has 0 saturated heterocycles. The van der Waals surface area contributed by atoms with Crippen LogP contribution in [0.25, 0.3) is 0 Å². The van der Waals surface area contributed by atoms with E-state index in [2.05, 4.69) is 6.92 Å². The van der Waals surface area contributed by atoms with Gasteiger partial charge in [-0.15, -0.1) is 0 Å². The van der Waals surface area contributed by atoms with Crippen molar-refractivity contribution in [2.24, 2.45) is 11.8 Å². The number of carbonyl (C=O) groups is 2. The molecule has 0 rings (SSSR count). The Morgan fingerprint density at radius 2 is 1.58 bits per heavy atom. The summed E-state index contributed by atoms with van der Waals surface area (Å²) in [5, 5.41) is 0. The smallest absolute Gasteiger partial charge is 0.308 e. The molecule has 0 bridgehead atoms. The van der Waals surface area contributed by atoms with Gasteiger partial charge in [-0.3, -0.25) is 9.59 Å². The van der Waals surface area contributed by atoms with Crippen molar-refractivity contribution in [3.8, 4) is 0 Å². The Kier molecular flexibility index (Phi) is 14.3. The number of hydrogen-bond donors (Lipinski definition) is 0. The summed E-state index contributed by atoms with van der Waals surface area (Å²) in [6, 6.07) is 0. The van der Waals surface area contributed by atoms with Crippen molar-refractivity contribution in [1.29, 1.82) is 0 Å². The second-order valence-corrected chi connectivity index (χ2v) is 5.23. The van der Waals surface area contributed by atoms with Crippen LogP contribution in [0.3, 0.4) is 0 Å². The van der Waals surface area contributed by atoms with Gasteiger partial charge in [0.25, 0.3) is 0 Å². The minimum atomic E-state index is -0.175. The summed E-state index contributed by atoms with van der Waals surface area (Å²) in [6.07, 6.45) is 3.31. The van der Waals surface area contributed by atoms with Crippen LogP contribution >= 0.6 is 0 Å². The summed E-state index contributed by atoms with van der Waals surface area (Å²) >= 11 is 0. The Hall–Kier alpha value is -1.06. The van der Waals surface area contributed by atoms with E-state index in [-0.39, 0.29) is 17.9 Å². The van der Waals surface area contributed by atoms with E-state index >= 15 is 0 Å². The fourth-order valence-electron chi connectivity index (χ4n) is 0.983. The van der Waals surface area contributed by atoms with Gasteiger partial charge in [-0.1, -0.05) is 47.5 Å². The zero-order valence-electron chi connectivity index (χ0n) is 13.3. The van der Waals surface area contributed by atoms with Gasteiger partial charge >= 0.3 is 11.9 Å². The van der Waals surface area contributed by atoms with Crippen LogP contribution in [-0.2, 0) is 19.1 Å². The zero-order chi connectivity index (χ0) is 15.3. The summed E-state index contributed by atoms with van der Waals surface area (Å²) in [7, 11) is 0. The first-order chi connectivity index (χ1) is 8.81. The molecule has 0 radical (unpaired) electrons. The fraction of sp³-hybridized carbons (Fsp3) is 0.867. The number of unbranched alkanes of at least 4 members (excludes halogenated alkanes) is 2. The molecule has 0 N–H and O–H groups in total. The second-order valence-electron chi connectivity index (χ2n) is 5.23. The first kappa shape index (κ1) is 20.3. The summed E-state index contributed by atoms with van der Waals surface area (Å²) in [6.45, 7) is 12.4. The Balaban J connectivity index is 0. The lowest BCUT2D eigenvalue weighted by Crippen LogP contribution is -2.14. The highest BCUT2D eigenvalue weighted by atomic mass is 16.5. The van der Waals surface area contributed by atoms with Crippen molar-refractivity contribution >= 4 is 11.9 Å². The van der Waals surface area contributed by atoms with Crippen LogP contribution in [0.4, 0.5) is 0 Å². The van der Waals surface area contributed by atoms with Gasteiger partial charge in [-0.25, -0.2) is 0 Å². The van der Waals surface area contributed by atoms with E-state index < -0.39 is 0 Å². The monoisotopic (exact) mass is 274 g/mol. The van der Waals surface area contributed by atoms with Crippen molar-refractivity contribution in [3.05, 3.63) is 0 Å². The van der Waals surface area contributed by atoms with E-state index in [0.717, 1.165) is 12.8 Å². The Morgan fingerprint density at radius 3 is 1.95 bits per heavy atom. The van der Waals surface area contributed by atoms with Gasteiger partial charge in [-0.2, -0.15) is 0 Å². The number of ether oxygens (including phenoxy) is 2. The standard InChI is InChI=1S/C8H16O2.C7H14O2/c1-6(2)5-10-8(9)7(3)4;1-3-4-5-6-9-7(2)8/h6-7H,5H2,1-4H3;3-6H2,1-2H3. The van der Waals surface area contributed by atoms with Crippen molar-refractivity contribution in [1.82, 2.24) is 0 Å². The topological polar surface area (TPSA) is 52.6 Å². The molecule has 4 heteroatoms. The summed E-state index contributed by atoms with van der Waals surface area (Å²) in [5.74, 6) is 0.154. The SMILES string of the molecule is CC(C)COC(=O)C(C)C.CCCCCOC(C)=O. The molecule has 4 nitrogen and oxygen atoms in total. The minimum Gasteiger partial charge on any atom is -0.466 e. The highest BCUT2D eigenvalue weighted by molar-refractivity contribution is 5.71. The quantitative estimate of drug-likeness (QED) is 0.526. The molecule has 0 aliphatic carbocycles. The van der Waals surface area contributed by atoms with Gasteiger partial charge in [0.15, 0.2) is 0 Å². The van der Waals surface area contributed by atoms with Crippen molar-refractivity contribution in [3.63, 3.8) is 0 Å². The van der Waals surface area contributed by atoms with Crippen molar-refractivity contribution in [2.75, 3.05) is 13.2 Å². The highest BCUT2D eigenvalue weighted by Gasteiger charge is 2.07. The molecule has 19 heavy (non-hydrogen) atoms. The Morgan fingerprint density at radius 1 is 1.00 bits per heavy atom. The molecule has 114 valence electrons. The highest BCUT2D eigenvalue weighted by Crippen LogP contribution is 1.99. The largest absolute Gasteiger partial charge is 0.466 e. The Labute approximate surface area is 117 Å². The number of rotatable bonds is 7. The van der Waals surface area contributed by atoms with Crippen molar-refractivity contribution in [2.45, 2.75) is 60.8 Å². The van der Waals surface area contributed by atoms with E-state index in [1.165, 1.54) is 13.3 Å². The van der Waals surface area contributed by atoms with E-state index in [1.54, 1.807) is 0 Å². The van der Waals surface area contributed by atoms with Gasteiger partial charge in [-0.05, 0) is 12.3 Å². The van der Waals surface area contributed by atoms with Gasteiger partial charge in [0.1, 0.15) is 0 Å². The van der Waals surface area contributed by atoms with Crippen LogP contribution in [0.15, 0.2) is 0 Å². The maximum atomic E-state index is 10.8. The first-order valence-electron chi connectivity index (χ1n) is 7.11. The maximum Gasteiger partial charge on any atom is 0.308 e. The molecule has 0 amide bonds. The van der Waals surface area contributed by atoms with Crippen LogP contribution in [0, 0.1) is 11.8 Å². The molecule has 0 saturated carbocycles. The van der Waals surface area contributed by atoms with E-state index in [4.69, 9.17) is 9.47 Å². The molecular weight excluding hydrogens is 244 g/mol. The third kappa shape index (κ3) is 19.5. The van der Waals surface area contributed by atoms with Crippen LogP contribution in [-0.4, -0.2) is 25.2 Å². The summed E-state index contributed by atoms with van der Waals surface area (Å²) in [4.78, 5) is 21.0. The van der Waals surface area contributed by atoms with Gasteiger partial charge < -0.3 is 9.47 Å². The second kappa shape index (κ2) is 13.4. The molecular formula is C15H30O4. The molecule has 0 fully saturated rings. The summed E-state index contributed by atoms with van der Waals surface area (Å²) in [5.41, 5.74) is 0. The van der Waals surface area contributed by atoms with Crippen LogP contribution in [0.1, 0.15) is 60.8 Å². The summed E-state index contributed by atoms with van der Waals surface area (Å²) < 4.78 is 9.63.